The van der Waals surface area contributed by atoms with Gasteiger partial charge in [0.1, 0.15) is 0 Å². The molecule has 1 atom stereocenters. The third kappa shape index (κ3) is 4.80. The number of likely N-dealkylation sites (tertiary alicyclic amines) is 1. The summed E-state index contributed by atoms with van der Waals surface area (Å²) in [5.41, 5.74) is 0. The first-order valence-electron chi connectivity index (χ1n) is 5.59. The molecule has 1 heterocycles. The lowest BCUT2D eigenvalue weighted by atomic mass is 10.2. The first-order valence-corrected chi connectivity index (χ1v) is 5.59. The first-order chi connectivity index (χ1) is 7.22. The summed E-state index contributed by atoms with van der Waals surface area (Å²) in [5.74, 6) is 0.0614. The van der Waals surface area contributed by atoms with Crippen molar-refractivity contribution < 1.29 is 4.79 Å². The van der Waals surface area contributed by atoms with Crippen molar-refractivity contribution in [2.24, 2.45) is 0 Å². The van der Waals surface area contributed by atoms with Crippen molar-refractivity contribution in [3.05, 3.63) is 0 Å². The maximum Gasteiger partial charge on any atom is 0.217 e. The summed E-state index contributed by atoms with van der Waals surface area (Å²) < 4.78 is 0. The highest BCUT2D eigenvalue weighted by atomic mass is 16.1. The number of carbonyl (C=O) groups is 1. The van der Waals surface area contributed by atoms with Gasteiger partial charge in [-0.25, -0.2) is 0 Å². The Morgan fingerprint density at radius 2 is 2.40 bits per heavy atom. The molecule has 1 fully saturated rings. The number of rotatable bonds is 5. The Kier molecular flexibility index (Phi) is 5.13. The lowest BCUT2D eigenvalue weighted by Gasteiger charge is -2.15. The molecular weight excluding hydrogens is 190 g/mol. The lowest BCUT2D eigenvalue weighted by molar-refractivity contribution is -0.119. The van der Waals surface area contributed by atoms with Crippen LogP contribution < -0.4 is 5.32 Å². The van der Waals surface area contributed by atoms with E-state index in [1.165, 1.54) is 0 Å². The standard InChI is InChI=1S/C11H19N3O/c1-10(15)13-11-5-8-14(9-11)7-4-2-3-6-12/h11H,2-5,7-9H2,1H3,(H,13,15). The monoisotopic (exact) mass is 209 g/mol. The molecule has 0 spiro atoms. The van der Waals surface area contributed by atoms with Gasteiger partial charge in [0, 0.05) is 32.5 Å². The maximum absolute atomic E-state index is 10.8. The van der Waals surface area contributed by atoms with Crippen LogP contribution >= 0.6 is 0 Å². The van der Waals surface area contributed by atoms with E-state index in [0.29, 0.717) is 12.5 Å². The zero-order chi connectivity index (χ0) is 11.1. The van der Waals surface area contributed by atoms with Crippen LogP contribution in [0, 0.1) is 11.3 Å². The summed E-state index contributed by atoms with van der Waals surface area (Å²) >= 11 is 0. The average molecular weight is 209 g/mol. The van der Waals surface area contributed by atoms with Crippen LogP contribution in [-0.2, 0) is 4.79 Å². The molecule has 1 unspecified atom stereocenters. The molecule has 0 saturated carbocycles. The maximum atomic E-state index is 10.8. The normalized spacial score (nSPS) is 21.2. The van der Waals surface area contributed by atoms with Gasteiger partial charge in [0.2, 0.25) is 5.91 Å². The van der Waals surface area contributed by atoms with E-state index >= 15 is 0 Å². The Morgan fingerprint density at radius 1 is 1.60 bits per heavy atom. The van der Waals surface area contributed by atoms with Crippen LogP contribution in [0.5, 0.6) is 0 Å². The van der Waals surface area contributed by atoms with Crippen LogP contribution in [0.1, 0.15) is 32.6 Å². The fourth-order valence-electron chi connectivity index (χ4n) is 1.98. The van der Waals surface area contributed by atoms with Crippen LogP contribution in [0.25, 0.3) is 0 Å². The number of nitrogens with one attached hydrogen (secondary N) is 1. The highest BCUT2D eigenvalue weighted by Gasteiger charge is 2.21. The van der Waals surface area contributed by atoms with Crippen molar-refractivity contribution in [3.8, 4) is 6.07 Å². The second kappa shape index (κ2) is 6.41. The van der Waals surface area contributed by atoms with Gasteiger partial charge < -0.3 is 10.2 Å². The third-order valence-electron chi connectivity index (χ3n) is 2.69. The van der Waals surface area contributed by atoms with Crippen molar-refractivity contribution in [3.63, 3.8) is 0 Å². The molecule has 1 N–H and O–H groups in total. The van der Waals surface area contributed by atoms with Crippen molar-refractivity contribution >= 4 is 5.91 Å². The summed E-state index contributed by atoms with van der Waals surface area (Å²) in [7, 11) is 0. The van der Waals surface area contributed by atoms with E-state index in [-0.39, 0.29) is 5.91 Å². The van der Waals surface area contributed by atoms with Crippen LogP contribution in [0.3, 0.4) is 0 Å². The van der Waals surface area contributed by atoms with Gasteiger partial charge in [-0.15, -0.1) is 0 Å². The zero-order valence-electron chi connectivity index (χ0n) is 9.33. The fourth-order valence-corrected chi connectivity index (χ4v) is 1.98. The predicted molar refractivity (Wildman–Crippen MR) is 58.1 cm³/mol. The molecule has 0 aromatic rings. The molecule has 0 aromatic carbocycles. The molecule has 0 radical (unpaired) electrons. The minimum atomic E-state index is 0.0614. The summed E-state index contributed by atoms with van der Waals surface area (Å²) in [5, 5.41) is 11.3. The molecule has 1 saturated heterocycles. The quantitative estimate of drug-likeness (QED) is 0.684. The molecule has 4 nitrogen and oxygen atoms in total. The molecule has 0 aliphatic carbocycles. The van der Waals surface area contributed by atoms with Gasteiger partial charge in [-0.3, -0.25) is 4.79 Å². The molecule has 4 heteroatoms. The minimum Gasteiger partial charge on any atom is -0.352 e. The first kappa shape index (κ1) is 12.0. The number of carbonyl (C=O) groups excluding carboxylic acids is 1. The van der Waals surface area contributed by atoms with E-state index < -0.39 is 0 Å². The van der Waals surface area contributed by atoms with Crippen LogP contribution in [0.4, 0.5) is 0 Å². The number of nitrogens with zero attached hydrogens (tertiary/aromatic N) is 2. The third-order valence-corrected chi connectivity index (χ3v) is 2.69. The summed E-state index contributed by atoms with van der Waals surface area (Å²) in [4.78, 5) is 13.2. The number of nitriles is 1. The van der Waals surface area contributed by atoms with Gasteiger partial charge >= 0.3 is 0 Å². The SMILES string of the molecule is CC(=O)NC1CCN(CCCCC#N)C1. The largest absolute Gasteiger partial charge is 0.352 e. The summed E-state index contributed by atoms with van der Waals surface area (Å²) in [6, 6.07) is 2.48. The van der Waals surface area contributed by atoms with Crippen molar-refractivity contribution in [2.75, 3.05) is 19.6 Å². The molecule has 1 amide bonds. The van der Waals surface area contributed by atoms with Crippen LogP contribution in [0.2, 0.25) is 0 Å². The van der Waals surface area contributed by atoms with Gasteiger partial charge in [-0.2, -0.15) is 5.26 Å². The number of unbranched alkanes of at least 4 members (excludes halogenated alkanes) is 2. The van der Waals surface area contributed by atoms with Crippen molar-refractivity contribution in [1.82, 2.24) is 10.2 Å². The summed E-state index contributed by atoms with van der Waals surface area (Å²) in [6.07, 6.45) is 3.78. The Labute approximate surface area is 91.2 Å². The van der Waals surface area contributed by atoms with E-state index in [9.17, 15) is 4.79 Å². The Morgan fingerprint density at radius 3 is 3.07 bits per heavy atom. The smallest absolute Gasteiger partial charge is 0.217 e. The predicted octanol–water partition coefficient (Wildman–Crippen LogP) is 0.891. The Bertz CT molecular complexity index is 247. The Balaban J connectivity index is 2.09. The number of hydrogen-bond donors (Lipinski definition) is 1. The zero-order valence-corrected chi connectivity index (χ0v) is 9.33. The van der Waals surface area contributed by atoms with E-state index in [4.69, 9.17) is 5.26 Å². The van der Waals surface area contributed by atoms with E-state index in [1.807, 2.05) is 0 Å². The van der Waals surface area contributed by atoms with Gasteiger partial charge in [0.15, 0.2) is 0 Å². The van der Waals surface area contributed by atoms with Crippen molar-refractivity contribution in [1.29, 1.82) is 5.26 Å². The van der Waals surface area contributed by atoms with E-state index in [0.717, 1.165) is 38.9 Å². The lowest BCUT2D eigenvalue weighted by Crippen LogP contribution is -2.35. The van der Waals surface area contributed by atoms with Gasteiger partial charge in [-0.1, -0.05) is 0 Å². The van der Waals surface area contributed by atoms with E-state index in [1.54, 1.807) is 6.92 Å². The van der Waals surface area contributed by atoms with Gasteiger partial charge in [-0.05, 0) is 25.8 Å². The highest BCUT2D eigenvalue weighted by molar-refractivity contribution is 5.73. The minimum absolute atomic E-state index is 0.0614. The topological polar surface area (TPSA) is 56.1 Å². The molecule has 0 bridgehead atoms. The van der Waals surface area contributed by atoms with E-state index in [2.05, 4.69) is 16.3 Å². The van der Waals surface area contributed by atoms with Crippen LogP contribution in [0.15, 0.2) is 0 Å². The van der Waals surface area contributed by atoms with Crippen LogP contribution in [-0.4, -0.2) is 36.5 Å². The molecule has 0 aromatic heterocycles. The molecule has 15 heavy (non-hydrogen) atoms. The molecule has 1 aliphatic rings. The highest BCUT2D eigenvalue weighted by Crippen LogP contribution is 2.10. The van der Waals surface area contributed by atoms with Crippen molar-refractivity contribution in [2.45, 2.75) is 38.6 Å². The average Bonchev–Trinajstić information content (AvgIpc) is 2.59. The second-order valence-electron chi connectivity index (χ2n) is 4.10. The number of amides is 1. The Hall–Kier alpha value is -1.08. The van der Waals surface area contributed by atoms with Gasteiger partial charge in [0.25, 0.3) is 0 Å². The second-order valence-corrected chi connectivity index (χ2v) is 4.10. The van der Waals surface area contributed by atoms with Gasteiger partial charge in [0.05, 0.1) is 6.07 Å². The fraction of sp³-hybridized carbons (Fsp3) is 0.818. The number of hydrogen-bond acceptors (Lipinski definition) is 3. The molecular formula is C11H19N3O. The molecule has 1 aliphatic heterocycles. The molecule has 1 rings (SSSR count). The summed E-state index contributed by atoms with van der Waals surface area (Å²) in [6.45, 7) is 4.65. The molecule has 84 valence electrons.